The number of aromatic nitrogens is 1. The summed E-state index contributed by atoms with van der Waals surface area (Å²) in [6.45, 7) is 9.91. The maximum absolute atomic E-state index is 13.0. The summed E-state index contributed by atoms with van der Waals surface area (Å²) in [5.74, 6) is 2.12. The van der Waals surface area contributed by atoms with Crippen LogP contribution in [0.1, 0.15) is 52.4 Å². The molecule has 0 bridgehead atoms. The number of nitrogens with zero attached hydrogens (tertiary/aromatic N) is 4. The van der Waals surface area contributed by atoms with E-state index in [4.69, 9.17) is 4.37 Å². The molecule has 2 aromatic rings. The van der Waals surface area contributed by atoms with Crippen LogP contribution in [-0.2, 0) is 9.59 Å². The Morgan fingerprint density at radius 2 is 1.50 bits per heavy atom. The summed E-state index contributed by atoms with van der Waals surface area (Å²) in [5, 5.41) is 1.27. The number of hydrogen-bond donors (Lipinski definition) is 0. The second kappa shape index (κ2) is 10.3. The van der Waals surface area contributed by atoms with Crippen molar-refractivity contribution in [1.82, 2.24) is 14.2 Å². The summed E-state index contributed by atoms with van der Waals surface area (Å²) in [7, 11) is 0. The van der Waals surface area contributed by atoms with Crippen LogP contribution < -0.4 is 4.90 Å². The van der Waals surface area contributed by atoms with Crippen molar-refractivity contribution in [3.05, 3.63) is 24.3 Å². The molecule has 34 heavy (non-hydrogen) atoms. The molecular formula is C27H38N4O2S. The van der Waals surface area contributed by atoms with Gasteiger partial charge >= 0.3 is 0 Å². The van der Waals surface area contributed by atoms with Crippen molar-refractivity contribution in [2.24, 2.45) is 23.7 Å². The van der Waals surface area contributed by atoms with Crippen LogP contribution in [-0.4, -0.2) is 65.3 Å². The number of likely N-dealkylation sites (tertiary alicyclic amines) is 1. The zero-order chi connectivity index (χ0) is 23.7. The van der Waals surface area contributed by atoms with Gasteiger partial charge in [-0.05, 0) is 61.2 Å². The third-order valence-corrected chi connectivity index (χ3v) is 9.36. The first-order valence-corrected chi connectivity index (χ1v) is 14.0. The zero-order valence-corrected chi connectivity index (χ0v) is 21.4. The van der Waals surface area contributed by atoms with Crippen molar-refractivity contribution in [2.75, 3.05) is 44.2 Å². The molecule has 2 saturated heterocycles. The second-order valence-corrected chi connectivity index (χ2v) is 11.2. The van der Waals surface area contributed by atoms with Gasteiger partial charge in [0.1, 0.15) is 5.82 Å². The number of amides is 2. The topological polar surface area (TPSA) is 56.8 Å². The molecule has 1 aromatic heterocycles. The van der Waals surface area contributed by atoms with E-state index in [1.54, 1.807) is 16.4 Å². The Labute approximate surface area is 207 Å². The monoisotopic (exact) mass is 482 g/mol. The largest absolute Gasteiger partial charge is 0.353 e. The van der Waals surface area contributed by atoms with E-state index in [-0.39, 0.29) is 23.7 Å². The van der Waals surface area contributed by atoms with E-state index in [1.807, 2.05) is 13.8 Å². The molecule has 3 heterocycles. The molecule has 1 aliphatic carbocycles. The molecule has 6 nitrogen and oxygen atoms in total. The molecular weight excluding hydrogens is 444 g/mol. The third kappa shape index (κ3) is 4.49. The van der Waals surface area contributed by atoms with Gasteiger partial charge in [0.2, 0.25) is 11.8 Å². The van der Waals surface area contributed by atoms with E-state index in [0.29, 0.717) is 18.4 Å². The fourth-order valence-corrected chi connectivity index (χ4v) is 7.32. The molecule has 0 radical (unpaired) electrons. The molecule has 3 fully saturated rings. The SMILES string of the molecule is CCC1C(=O)N(CC2CCCCC2CN2CCN(c3nsc4ccccc34)CC2)C(=O)C1CC. The quantitative estimate of drug-likeness (QED) is 0.538. The minimum absolute atomic E-state index is 0.0905. The third-order valence-electron chi connectivity index (χ3n) is 8.54. The molecule has 5 rings (SSSR count). The summed E-state index contributed by atoms with van der Waals surface area (Å²) < 4.78 is 6.01. The van der Waals surface area contributed by atoms with Gasteiger partial charge in [-0.3, -0.25) is 19.4 Å². The number of benzene rings is 1. The Morgan fingerprint density at radius 1 is 0.882 bits per heavy atom. The molecule has 4 atom stereocenters. The minimum atomic E-state index is -0.102. The number of carbonyl (C=O) groups excluding carboxylic acids is 2. The van der Waals surface area contributed by atoms with Crippen molar-refractivity contribution < 1.29 is 9.59 Å². The smallest absolute Gasteiger partial charge is 0.233 e. The van der Waals surface area contributed by atoms with Crippen molar-refractivity contribution in [3.63, 3.8) is 0 Å². The number of anilines is 1. The molecule has 2 amide bonds. The van der Waals surface area contributed by atoms with Gasteiger partial charge in [-0.2, -0.15) is 4.37 Å². The highest BCUT2D eigenvalue weighted by molar-refractivity contribution is 7.13. The van der Waals surface area contributed by atoms with Crippen LogP contribution in [0.3, 0.4) is 0 Å². The van der Waals surface area contributed by atoms with Crippen molar-refractivity contribution in [3.8, 4) is 0 Å². The number of carbonyl (C=O) groups is 2. The van der Waals surface area contributed by atoms with E-state index in [9.17, 15) is 9.59 Å². The minimum Gasteiger partial charge on any atom is -0.353 e. The maximum Gasteiger partial charge on any atom is 0.233 e. The molecule has 4 unspecified atom stereocenters. The van der Waals surface area contributed by atoms with Crippen LogP contribution in [0, 0.1) is 23.7 Å². The maximum atomic E-state index is 13.0. The highest BCUT2D eigenvalue weighted by Gasteiger charge is 2.46. The first-order valence-electron chi connectivity index (χ1n) is 13.3. The van der Waals surface area contributed by atoms with E-state index in [1.165, 1.54) is 29.3 Å². The van der Waals surface area contributed by atoms with Gasteiger partial charge in [0.05, 0.1) is 4.70 Å². The lowest BCUT2D eigenvalue weighted by Crippen LogP contribution is -2.49. The van der Waals surface area contributed by atoms with Gasteiger partial charge in [0.15, 0.2) is 0 Å². The normalized spacial score (nSPS) is 28.9. The Morgan fingerprint density at radius 3 is 2.15 bits per heavy atom. The number of rotatable bonds is 7. The van der Waals surface area contributed by atoms with Crippen LogP contribution in [0.5, 0.6) is 0 Å². The Bertz CT molecular complexity index is 993. The molecule has 7 heteroatoms. The predicted molar refractivity (Wildman–Crippen MR) is 138 cm³/mol. The van der Waals surface area contributed by atoms with Gasteiger partial charge in [0, 0.05) is 56.5 Å². The average Bonchev–Trinajstić information content (AvgIpc) is 3.39. The molecule has 184 valence electrons. The van der Waals surface area contributed by atoms with Crippen molar-refractivity contribution in [2.45, 2.75) is 52.4 Å². The van der Waals surface area contributed by atoms with Crippen LogP contribution in [0.25, 0.3) is 10.1 Å². The fraction of sp³-hybridized carbons (Fsp3) is 0.667. The first-order chi connectivity index (χ1) is 16.6. The van der Waals surface area contributed by atoms with Gasteiger partial charge in [-0.25, -0.2) is 0 Å². The van der Waals surface area contributed by atoms with Crippen LogP contribution in [0.2, 0.25) is 0 Å². The Kier molecular flexibility index (Phi) is 7.21. The second-order valence-electron chi connectivity index (χ2n) is 10.4. The van der Waals surface area contributed by atoms with Crippen LogP contribution >= 0.6 is 11.5 Å². The summed E-state index contributed by atoms with van der Waals surface area (Å²) in [6.07, 6.45) is 6.38. The lowest BCUT2D eigenvalue weighted by molar-refractivity contribution is -0.141. The summed E-state index contributed by atoms with van der Waals surface area (Å²) in [6, 6.07) is 8.51. The van der Waals surface area contributed by atoms with Crippen molar-refractivity contribution in [1.29, 1.82) is 0 Å². The van der Waals surface area contributed by atoms with Crippen LogP contribution in [0.15, 0.2) is 24.3 Å². The number of piperazine rings is 1. The molecule has 2 aliphatic heterocycles. The highest BCUT2D eigenvalue weighted by atomic mass is 32.1. The first kappa shape index (κ1) is 23.7. The molecule has 0 N–H and O–H groups in total. The molecule has 0 spiro atoms. The van der Waals surface area contributed by atoms with Gasteiger partial charge < -0.3 is 4.90 Å². The highest BCUT2D eigenvalue weighted by Crippen LogP contribution is 2.37. The molecule has 1 saturated carbocycles. The van der Waals surface area contributed by atoms with Crippen molar-refractivity contribution >= 4 is 39.3 Å². The summed E-state index contributed by atoms with van der Waals surface area (Å²) in [5.41, 5.74) is 0. The number of imide groups is 1. The van der Waals surface area contributed by atoms with Gasteiger partial charge in [-0.1, -0.05) is 38.8 Å². The predicted octanol–water partition coefficient (Wildman–Crippen LogP) is 4.65. The van der Waals surface area contributed by atoms with E-state index >= 15 is 0 Å². The standard InChI is InChI=1S/C27H38N4O2S/c1-3-21-22(4-2)27(33)31(26(21)32)18-20-10-6-5-9-19(20)17-29-13-15-30(16-14-29)25-23-11-7-8-12-24(23)34-28-25/h7-8,11-12,19-22H,3-6,9-10,13-18H2,1-2H3. The zero-order valence-electron chi connectivity index (χ0n) is 20.6. The summed E-state index contributed by atoms with van der Waals surface area (Å²) >= 11 is 1.59. The van der Waals surface area contributed by atoms with Gasteiger partial charge in [-0.15, -0.1) is 0 Å². The average molecular weight is 483 g/mol. The Hall–Kier alpha value is -1.99. The van der Waals surface area contributed by atoms with E-state index in [0.717, 1.165) is 57.8 Å². The summed E-state index contributed by atoms with van der Waals surface area (Å²) in [4.78, 5) is 32.7. The van der Waals surface area contributed by atoms with E-state index in [2.05, 4.69) is 34.1 Å². The molecule has 3 aliphatic rings. The fourth-order valence-electron chi connectivity index (χ4n) is 6.53. The number of hydrogen-bond acceptors (Lipinski definition) is 6. The van der Waals surface area contributed by atoms with Gasteiger partial charge in [0.25, 0.3) is 0 Å². The van der Waals surface area contributed by atoms with Crippen LogP contribution in [0.4, 0.5) is 5.82 Å². The lowest BCUT2D eigenvalue weighted by Gasteiger charge is -2.40. The lowest BCUT2D eigenvalue weighted by atomic mass is 9.78. The Balaban J connectivity index is 1.19. The van der Waals surface area contributed by atoms with E-state index < -0.39 is 0 Å². The number of fused-ring (bicyclic) bond motifs is 1. The molecule has 1 aromatic carbocycles.